The molecule has 0 aliphatic heterocycles. The Morgan fingerprint density at radius 3 is 2.85 bits per heavy atom. The first kappa shape index (κ1) is 9.45. The average molecular weight is 197 g/mol. The number of hydrogen-bond donors (Lipinski definition) is 1. The van der Waals surface area contributed by atoms with E-state index in [-0.39, 0.29) is 11.3 Å². The van der Waals surface area contributed by atoms with Gasteiger partial charge in [0.05, 0.1) is 10.5 Å². The molecule has 1 N–H and O–H groups in total. The smallest absolute Gasteiger partial charge is 0.259 e. The summed E-state index contributed by atoms with van der Waals surface area (Å²) in [4.78, 5) is 9.93. The summed E-state index contributed by atoms with van der Waals surface area (Å²) in [6.45, 7) is 0. The molecule has 0 saturated heterocycles. The van der Waals surface area contributed by atoms with Gasteiger partial charge in [-0.2, -0.15) is 0 Å². The molecule has 0 amide bonds. The van der Waals surface area contributed by atoms with E-state index in [2.05, 4.69) is 0 Å². The van der Waals surface area contributed by atoms with Crippen LogP contribution in [0.5, 0.6) is 0 Å². The first-order valence-electron chi connectivity index (χ1n) is 3.34. The van der Waals surface area contributed by atoms with Crippen molar-refractivity contribution in [2.45, 2.75) is 0 Å². The van der Waals surface area contributed by atoms with E-state index in [4.69, 9.17) is 17.0 Å². The summed E-state index contributed by atoms with van der Waals surface area (Å²) in [5.41, 5.74) is 0.205. The summed E-state index contributed by atoms with van der Waals surface area (Å²) in [6, 6.07) is 4.15. The zero-order chi connectivity index (χ0) is 9.84. The fraction of sp³-hybridized carbons (Fsp3) is 0. The molecule has 13 heavy (non-hydrogen) atoms. The van der Waals surface area contributed by atoms with Crippen LogP contribution in [0.1, 0.15) is 5.56 Å². The van der Waals surface area contributed by atoms with Crippen LogP contribution in [0.25, 0.3) is 6.08 Å². The molecule has 0 heterocycles. The first-order chi connectivity index (χ1) is 6.15. The zero-order valence-electron chi connectivity index (χ0n) is 6.45. The molecule has 66 valence electrons. The maximum atomic E-state index is 10.5. The van der Waals surface area contributed by atoms with Crippen LogP contribution in [0.2, 0.25) is 5.02 Å². The molecule has 1 aromatic carbocycles. The number of hydrogen-bond acceptors (Lipinski definition) is 3. The minimum Gasteiger partial charge on any atom is -0.259 e. The number of nitrogens with zero attached hydrogens (tertiary/aromatic N) is 1. The van der Waals surface area contributed by atoms with Crippen molar-refractivity contribution in [1.82, 2.24) is 0 Å². The Kier molecular flexibility index (Phi) is 2.80. The summed E-state index contributed by atoms with van der Waals surface area (Å²) < 4.78 is 0. The maximum absolute atomic E-state index is 10.5. The Morgan fingerprint density at radius 1 is 1.62 bits per heavy atom. The minimum atomic E-state index is -0.528. The van der Waals surface area contributed by atoms with Crippen molar-refractivity contribution in [1.29, 1.82) is 5.41 Å². The molecule has 0 aliphatic rings. The van der Waals surface area contributed by atoms with Gasteiger partial charge in [0.15, 0.2) is 0 Å². The highest BCUT2D eigenvalue weighted by Crippen LogP contribution is 2.22. The van der Waals surface area contributed by atoms with Crippen molar-refractivity contribution < 1.29 is 4.92 Å². The van der Waals surface area contributed by atoms with Gasteiger partial charge in [0, 0.05) is 17.2 Å². The molecule has 0 saturated carbocycles. The normalized spacial score (nSPS) is 9.00. The van der Waals surface area contributed by atoms with Crippen LogP contribution < -0.4 is 0 Å². The van der Waals surface area contributed by atoms with Gasteiger partial charge in [0.2, 0.25) is 0 Å². The first-order valence-corrected chi connectivity index (χ1v) is 3.72. The molecule has 0 fully saturated rings. The van der Waals surface area contributed by atoms with E-state index in [1.165, 1.54) is 24.3 Å². The van der Waals surface area contributed by atoms with Crippen LogP contribution in [-0.4, -0.2) is 10.8 Å². The SMILES string of the molecule is N=C=Cc1cc(Cl)ccc1[N+](=O)[O-]. The summed E-state index contributed by atoms with van der Waals surface area (Å²) in [5, 5.41) is 17.5. The molecule has 0 bridgehead atoms. The van der Waals surface area contributed by atoms with Crippen LogP contribution >= 0.6 is 11.6 Å². The second-order valence-electron chi connectivity index (χ2n) is 2.25. The van der Waals surface area contributed by atoms with E-state index >= 15 is 0 Å². The predicted octanol–water partition coefficient (Wildman–Crippen LogP) is 2.51. The monoisotopic (exact) mass is 196 g/mol. The lowest BCUT2D eigenvalue weighted by atomic mass is 10.2. The van der Waals surface area contributed by atoms with Gasteiger partial charge in [0.1, 0.15) is 0 Å². The van der Waals surface area contributed by atoms with Crippen molar-refractivity contribution in [2.24, 2.45) is 0 Å². The number of benzene rings is 1. The summed E-state index contributed by atoms with van der Waals surface area (Å²) in [7, 11) is 0. The molecule has 0 spiro atoms. The zero-order valence-corrected chi connectivity index (χ0v) is 7.21. The Labute approximate surface area is 79.1 Å². The average Bonchev–Trinajstić information content (AvgIpc) is 2.04. The van der Waals surface area contributed by atoms with Gasteiger partial charge in [0.25, 0.3) is 5.69 Å². The molecule has 0 aliphatic carbocycles. The molecule has 0 atom stereocenters. The fourth-order valence-corrected chi connectivity index (χ4v) is 1.07. The quantitative estimate of drug-likeness (QED) is 0.449. The second-order valence-corrected chi connectivity index (χ2v) is 2.69. The fourth-order valence-electron chi connectivity index (χ4n) is 0.885. The maximum Gasteiger partial charge on any atom is 0.277 e. The molecular weight excluding hydrogens is 192 g/mol. The summed E-state index contributed by atoms with van der Waals surface area (Å²) >= 11 is 5.63. The van der Waals surface area contributed by atoms with E-state index in [0.29, 0.717) is 5.02 Å². The van der Waals surface area contributed by atoms with Crippen LogP contribution in [0.3, 0.4) is 0 Å². The van der Waals surface area contributed by atoms with Crippen molar-refractivity contribution in [3.63, 3.8) is 0 Å². The number of nitro groups is 1. The number of nitrogens with one attached hydrogen (secondary N) is 1. The predicted molar refractivity (Wildman–Crippen MR) is 50.3 cm³/mol. The Bertz CT molecular complexity index is 397. The lowest BCUT2D eigenvalue weighted by molar-refractivity contribution is -0.385. The third kappa shape index (κ3) is 2.15. The topological polar surface area (TPSA) is 67.0 Å². The number of halogens is 1. The van der Waals surface area contributed by atoms with Crippen LogP contribution in [-0.2, 0) is 0 Å². The third-order valence-electron chi connectivity index (χ3n) is 1.41. The lowest BCUT2D eigenvalue weighted by Crippen LogP contribution is -1.90. The van der Waals surface area contributed by atoms with Gasteiger partial charge in [-0.1, -0.05) is 11.6 Å². The van der Waals surface area contributed by atoms with Crippen molar-refractivity contribution >= 4 is 29.2 Å². The van der Waals surface area contributed by atoms with Crippen molar-refractivity contribution in [2.75, 3.05) is 0 Å². The highest BCUT2D eigenvalue weighted by molar-refractivity contribution is 6.30. The standard InChI is InChI=1S/C8H5ClN2O2/c9-7-1-2-8(11(12)13)6(5-7)3-4-10/h1-3,5,10H. The van der Waals surface area contributed by atoms with Gasteiger partial charge in [-0.05, 0) is 18.0 Å². The van der Waals surface area contributed by atoms with Gasteiger partial charge in [-0.15, -0.1) is 0 Å². The Balaban J connectivity index is 3.34. The Morgan fingerprint density at radius 2 is 2.31 bits per heavy atom. The van der Waals surface area contributed by atoms with Gasteiger partial charge >= 0.3 is 0 Å². The van der Waals surface area contributed by atoms with E-state index in [0.717, 1.165) is 0 Å². The number of rotatable bonds is 2. The molecule has 0 unspecified atom stereocenters. The molecule has 0 radical (unpaired) electrons. The van der Waals surface area contributed by atoms with Crippen LogP contribution in [0, 0.1) is 15.5 Å². The molecular formula is C8H5ClN2O2. The number of nitro benzene ring substituents is 1. The molecule has 5 heteroatoms. The third-order valence-corrected chi connectivity index (χ3v) is 1.65. The summed E-state index contributed by atoms with van der Waals surface area (Å²) in [5.74, 6) is 1.97. The minimum absolute atomic E-state index is 0.0795. The van der Waals surface area contributed by atoms with Gasteiger partial charge < -0.3 is 0 Å². The molecule has 1 aromatic rings. The van der Waals surface area contributed by atoms with E-state index in [1.807, 2.05) is 5.87 Å². The van der Waals surface area contributed by atoms with E-state index in [1.54, 1.807) is 0 Å². The second kappa shape index (κ2) is 3.85. The van der Waals surface area contributed by atoms with Crippen molar-refractivity contribution in [3.05, 3.63) is 38.9 Å². The Hall–Kier alpha value is -1.64. The highest BCUT2D eigenvalue weighted by atomic mass is 35.5. The summed E-state index contributed by atoms with van der Waals surface area (Å²) in [6.07, 6.45) is 1.20. The highest BCUT2D eigenvalue weighted by Gasteiger charge is 2.10. The van der Waals surface area contributed by atoms with E-state index in [9.17, 15) is 10.1 Å². The molecule has 1 rings (SSSR count). The largest absolute Gasteiger partial charge is 0.277 e. The lowest BCUT2D eigenvalue weighted by Gasteiger charge is -1.96. The molecule has 0 aromatic heterocycles. The van der Waals surface area contributed by atoms with Gasteiger partial charge in [-0.3, -0.25) is 15.5 Å². The van der Waals surface area contributed by atoms with Crippen molar-refractivity contribution in [3.8, 4) is 0 Å². The van der Waals surface area contributed by atoms with E-state index < -0.39 is 4.92 Å². The van der Waals surface area contributed by atoms with Crippen LogP contribution in [0.15, 0.2) is 18.2 Å². The van der Waals surface area contributed by atoms with Gasteiger partial charge in [-0.25, -0.2) is 0 Å². The van der Waals surface area contributed by atoms with Crippen LogP contribution in [0.4, 0.5) is 5.69 Å². The molecule has 4 nitrogen and oxygen atoms in total.